The van der Waals surface area contributed by atoms with Gasteiger partial charge in [-0.3, -0.25) is 4.79 Å². The van der Waals surface area contributed by atoms with Crippen molar-refractivity contribution in [1.82, 2.24) is 0 Å². The van der Waals surface area contributed by atoms with Gasteiger partial charge in [-0.25, -0.2) is 4.39 Å². The van der Waals surface area contributed by atoms with Crippen molar-refractivity contribution in [2.75, 3.05) is 14.2 Å². The largest absolute Gasteiger partial charge is 0.496 e. The van der Waals surface area contributed by atoms with Gasteiger partial charge in [0.05, 0.1) is 20.3 Å². The second kappa shape index (κ2) is 4.94. The van der Waals surface area contributed by atoms with Crippen molar-refractivity contribution in [2.45, 2.75) is 13.0 Å². The highest BCUT2D eigenvalue weighted by Crippen LogP contribution is 2.29. The van der Waals surface area contributed by atoms with E-state index < -0.39 is 17.6 Å². The zero-order chi connectivity index (χ0) is 12.3. The summed E-state index contributed by atoms with van der Waals surface area (Å²) in [7, 11) is 2.68. The maximum Gasteiger partial charge on any atom is 0.186 e. The van der Waals surface area contributed by atoms with Gasteiger partial charge in [-0.05, 0) is 19.1 Å². The molecule has 1 aromatic carbocycles. The second-order valence-corrected chi connectivity index (χ2v) is 3.31. The number of Topliss-reactive ketones (excluding diaryl/α,β-unsaturated/α-hetero) is 1. The molecule has 2 N–H and O–H groups in total. The number of ether oxygens (including phenoxy) is 2. The predicted octanol–water partition coefficient (Wildman–Crippen LogP) is 1.37. The van der Waals surface area contributed by atoms with Crippen LogP contribution in [-0.4, -0.2) is 26.0 Å². The van der Waals surface area contributed by atoms with Crippen LogP contribution in [-0.2, 0) is 0 Å². The highest BCUT2D eigenvalue weighted by atomic mass is 19.1. The van der Waals surface area contributed by atoms with Gasteiger partial charge >= 0.3 is 0 Å². The Morgan fingerprint density at radius 3 is 2.25 bits per heavy atom. The Hall–Kier alpha value is -1.62. The average molecular weight is 227 g/mol. The summed E-state index contributed by atoms with van der Waals surface area (Å²) >= 11 is 0. The van der Waals surface area contributed by atoms with Crippen LogP contribution >= 0.6 is 0 Å². The van der Waals surface area contributed by atoms with E-state index in [-0.39, 0.29) is 17.1 Å². The van der Waals surface area contributed by atoms with E-state index in [1.807, 2.05) is 0 Å². The van der Waals surface area contributed by atoms with E-state index in [0.717, 1.165) is 0 Å². The summed E-state index contributed by atoms with van der Waals surface area (Å²) in [4.78, 5) is 11.7. The van der Waals surface area contributed by atoms with Gasteiger partial charge in [0.25, 0.3) is 0 Å². The second-order valence-electron chi connectivity index (χ2n) is 3.31. The topological polar surface area (TPSA) is 61.5 Å². The number of ketones is 1. The minimum atomic E-state index is -0.796. The lowest BCUT2D eigenvalue weighted by Crippen LogP contribution is -2.28. The highest BCUT2D eigenvalue weighted by molar-refractivity contribution is 6.02. The number of halogens is 1. The van der Waals surface area contributed by atoms with Crippen LogP contribution in [0.15, 0.2) is 12.1 Å². The molecule has 0 aliphatic rings. The first-order chi connectivity index (χ1) is 7.52. The molecule has 1 rings (SSSR count). The summed E-state index contributed by atoms with van der Waals surface area (Å²) in [6.45, 7) is 1.49. The molecule has 1 aromatic rings. The lowest BCUT2D eigenvalue weighted by Gasteiger charge is -2.12. The smallest absolute Gasteiger partial charge is 0.186 e. The third kappa shape index (κ3) is 2.14. The standard InChI is InChI=1S/C11H14FNO3/c1-6(13)11(14)9-7(15-2)4-5-8(16-3)10(9)12/h4-6H,13H2,1-3H3. The van der Waals surface area contributed by atoms with E-state index in [1.165, 1.54) is 33.3 Å². The van der Waals surface area contributed by atoms with E-state index in [4.69, 9.17) is 15.2 Å². The fourth-order valence-corrected chi connectivity index (χ4v) is 1.32. The van der Waals surface area contributed by atoms with E-state index in [9.17, 15) is 9.18 Å². The quantitative estimate of drug-likeness (QED) is 0.789. The number of rotatable bonds is 4. The van der Waals surface area contributed by atoms with Gasteiger partial charge in [0.1, 0.15) is 11.3 Å². The molecule has 0 bridgehead atoms. The molecule has 0 fully saturated rings. The highest BCUT2D eigenvalue weighted by Gasteiger charge is 2.23. The fourth-order valence-electron chi connectivity index (χ4n) is 1.32. The third-order valence-electron chi connectivity index (χ3n) is 2.17. The Labute approximate surface area is 93.2 Å². The van der Waals surface area contributed by atoms with Crippen LogP contribution in [0.5, 0.6) is 11.5 Å². The monoisotopic (exact) mass is 227 g/mol. The molecule has 5 heteroatoms. The summed E-state index contributed by atoms with van der Waals surface area (Å²) in [5, 5.41) is 0. The van der Waals surface area contributed by atoms with Crippen LogP contribution in [0.4, 0.5) is 4.39 Å². The average Bonchev–Trinajstić information content (AvgIpc) is 2.27. The number of methoxy groups -OCH3 is 2. The van der Waals surface area contributed by atoms with Gasteiger partial charge in [0.2, 0.25) is 0 Å². The molecule has 0 aromatic heterocycles. The third-order valence-corrected chi connectivity index (χ3v) is 2.17. The lowest BCUT2D eigenvalue weighted by molar-refractivity contribution is 0.0960. The Morgan fingerprint density at radius 2 is 1.81 bits per heavy atom. The normalized spacial score (nSPS) is 12.1. The molecule has 16 heavy (non-hydrogen) atoms. The number of hydrogen-bond acceptors (Lipinski definition) is 4. The minimum absolute atomic E-state index is 0.00944. The van der Waals surface area contributed by atoms with Gasteiger partial charge < -0.3 is 15.2 Å². The Kier molecular flexibility index (Phi) is 3.84. The molecule has 88 valence electrons. The number of hydrogen-bond donors (Lipinski definition) is 1. The molecule has 0 spiro atoms. The number of carbonyl (C=O) groups excluding carboxylic acids is 1. The number of benzene rings is 1. The van der Waals surface area contributed by atoms with E-state index in [1.54, 1.807) is 0 Å². The summed E-state index contributed by atoms with van der Waals surface area (Å²) in [5.41, 5.74) is 5.27. The van der Waals surface area contributed by atoms with Gasteiger partial charge in [0.15, 0.2) is 17.3 Å². The van der Waals surface area contributed by atoms with Crippen molar-refractivity contribution >= 4 is 5.78 Å². The molecule has 0 heterocycles. The molecule has 0 saturated carbocycles. The first-order valence-electron chi connectivity index (χ1n) is 4.73. The van der Waals surface area contributed by atoms with Crippen molar-refractivity contribution < 1.29 is 18.7 Å². The zero-order valence-electron chi connectivity index (χ0n) is 9.41. The number of carbonyl (C=O) groups is 1. The van der Waals surface area contributed by atoms with E-state index >= 15 is 0 Å². The van der Waals surface area contributed by atoms with Crippen LogP contribution in [0.3, 0.4) is 0 Å². The molecule has 0 aliphatic heterocycles. The van der Waals surface area contributed by atoms with Crippen LogP contribution in [0, 0.1) is 5.82 Å². The van der Waals surface area contributed by atoms with Gasteiger partial charge in [-0.1, -0.05) is 0 Å². The van der Waals surface area contributed by atoms with Gasteiger partial charge in [-0.15, -0.1) is 0 Å². The maximum atomic E-state index is 13.8. The molecule has 1 atom stereocenters. The van der Waals surface area contributed by atoms with Crippen LogP contribution < -0.4 is 15.2 Å². The van der Waals surface area contributed by atoms with Gasteiger partial charge in [0, 0.05) is 0 Å². The first kappa shape index (κ1) is 12.4. The Morgan fingerprint density at radius 1 is 1.31 bits per heavy atom. The lowest BCUT2D eigenvalue weighted by atomic mass is 10.0. The summed E-state index contributed by atoms with van der Waals surface area (Å²) in [5.74, 6) is -1.12. The maximum absolute atomic E-state index is 13.8. The van der Waals surface area contributed by atoms with Crippen LogP contribution in [0.1, 0.15) is 17.3 Å². The van der Waals surface area contributed by atoms with Crippen molar-refractivity contribution in [3.63, 3.8) is 0 Å². The van der Waals surface area contributed by atoms with Crippen molar-refractivity contribution in [3.05, 3.63) is 23.5 Å². The first-order valence-corrected chi connectivity index (χ1v) is 4.73. The molecular formula is C11H14FNO3. The van der Waals surface area contributed by atoms with E-state index in [0.29, 0.717) is 0 Å². The minimum Gasteiger partial charge on any atom is -0.496 e. The van der Waals surface area contributed by atoms with Crippen LogP contribution in [0.25, 0.3) is 0 Å². The van der Waals surface area contributed by atoms with E-state index in [2.05, 4.69) is 0 Å². The SMILES string of the molecule is COc1ccc(OC)c(C(=O)C(C)N)c1F. The molecule has 0 saturated heterocycles. The molecular weight excluding hydrogens is 213 g/mol. The summed E-state index contributed by atoms with van der Waals surface area (Å²) < 4.78 is 23.6. The number of nitrogens with two attached hydrogens (primary N) is 1. The molecule has 0 amide bonds. The molecule has 0 radical (unpaired) electrons. The van der Waals surface area contributed by atoms with Crippen LogP contribution in [0.2, 0.25) is 0 Å². The summed E-state index contributed by atoms with van der Waals surface area (Å²) in [6.07, 6.45) is 0. The predicted molar refractivity (Wildman–Crippen MR) is 57.5 cm³/mol. The zero-order valence-corrected chi connectivity index (χ0v) is 9.41. The molecule has 0 aliphatic carbocycles. The summed E-state index contributed by atoms with van der Waals surface area (Å²) in [6, 6.07) is 2.07. The fraction of sp³-hybridized carbons (Fsp3) is 0.364. The van der Waals surface area contributed by atoms with Crippen molar-refractivity contribution in [2.24, 2.45) is 5.73 Å². The van der Waals surface area contributed by atoms with Crippen molar-refractivity contribution in [1.29, 1.82) is 0 Å². The molecule has 1 unspecified atom stereocenters. The van der Waals surface area contributed by atoms with Gasteiger partial charge in [-0.2, -0.15) is 0 Å². The Balaban J connectivity index is 3.37. The molecule has 4 nitrogen and oxygen atoms in total. The van der Waals surface area contributed by atoms with Crippen molar-refractivity contribution in [3.8, 4) is 11.5 Å². The Bertz CT molecular complexity index is 404.